The molecular formula is C33H42N4O8. The van der Waals surface area contributed by atoms with Gasteiger partial charge >= 0.3 is 5.97 Å². The van der Waals surface area contributed by atoms with E-state index >= 15 is 0 Å². The van der Waals surface area contributed by atoms with Gasteiger partial charge in [0.05, 0.1) is 31.8 Å². The van der Waals surface area contributed by atoms with Crippen LogP contribution in [0.25, 0.3) is 0 Å². The van der Waals surface area contributed by atoms with Crippen LogP contribution in [0.3, 0.4) is 0 Å². The largest absolute Gasteiger partial charge is 0.455 e. The van der Waals surface area contributed by atoms with E-state index in [4.69, 9.17) is 14.2 Å². The summed E-state index contributed by atoms with van der Waals surface area (Å²) in [6, 6.07) is 8.17. The molecule has 6 atom stereocenters. The van der Waals surface area contributed by atoms with E-state index in [9.17, 15) is 24.3 Å². The molecule has 5 aliphatic heterocycles. The molecule has 12 heteroatoms. The lowest BCUT2D eigenvalue weighted by molar-refractivity contribution is -0.159. The molecule has 3 fully saturated rings. The van der Waals surface area contributed by atoms with Crippen molar-refractivity contribution in [3.8, 4) is 0 Å². The van der Waals surface area contributed by atoms with Gasteiger partial charge in [-0.1, -0.05) is 54.6 Å². The maximum absolute atomic E-state index is 14.6. The van der Waals surface area contributed by atoms with Crippen molar-refractivity contribution in [1.29, 1.82) is 0 Å². The molecule has 6 rings (SSSR count). The highest BCUT2D eigenvalue weighted by atomic mass is 16.6. The molecule has 12 nitrogen and oxygen atoms in total. The average molecular weight is 623 g/mol. The zero-order valence-corrected chi connectivity index (χ0v) is 25.4. The summed E-state index contributed by atoms with van der Waals surface area (Å²) in [6.45, 7) is 4.23. The minimum Gasteiger partial charge on any atom is -0.455 e. The Labute approximate surface area is 262 Å². The molecule has 0 unspecified atom stereocenters. The van der Waals surface area contributed by atoms with Crippen molar-refractivity contribution in [2.45, 2.75) is 43.1 Å². The van der Waals surface area contributed by atoms with E-state index in [1.54, 1.807) is 17.1 Å². The molecule has 3 amide bonds. The van der Waals surface area contributed by atoms with E-state index in [0.29, 0.717) is 44.8 Å². The zero-order valence-electron chi connectivity index (χ0n) is 25.4. The minimum atomic E-state index is -1.33. The number of nitrogens with one attached hydrogen (secondary N) is 1. The zero-order chi connectivity index (χ0) is 31.4. The second-order valence-electron chi connectivity index (χ2n) is 12.2. The summed E-state index contributed by atoms with van der Waals surface area (Å²) in [5.41, 5.74) is -0.617. The topological polar surface area (TPSA) is 138 Å². The third kappa shape index (κ3) is 6.29. The third-order valence-corrected chi connectivity index (χ3v) is 9.48. The van der Waals surface area contributed by atoms with Crippen molar-refractivity contribution >= 4 is 23.7 Å². The number of nitrogens with zero attached hydrogens (tertiary/aromatic N) is 3. The number of rotatable bonds is 7. The SMILES string of the molecule is O=C1CC/C=C\CN(CCN2CCOCC2)C(=O)[C@@H]2N(CCCO)C(=O)[C@H]3[C@H](C(=O)O[C@H](c4ccccc4)CN1)[C@@H]1C=C[C@]23O1. The molecule has 242 valence electrons. The van der Waals surface area contributed by atoms with Gasteiger partial charge in [0.15, 0.2) is 0 Å². The molecule has 5 heterocycles. The van der Waals surface area contributed by atoms with Gasteiger partial charge in [-0.05, 0) is 18.4 Å². The molecule has 0 aromatic heterocycles. The van der Waals surface area contributed by atoms with Crippen LogP contribution in [0.15, 0.2) is 54.6 Å². The lowest BCUT2D eigenvalue weighted by atomic mass is 9.74. The summed E-state index contributed by atoms with van der Waals surface area (Å²) in [5.74, 6) is -3.34. The molecule has 1 aromatic carbocycles. The number of aliphatic hydroxyl groups is 1. The highest BCUT2D eigenvalue weighted by Gasteiger charge is 2.73. The number of amides is 3. The summed E-state index contributed by atoms with van der Waals surface area (Å²) in [6.07, 6.45) is 6.81. The monoisotopic (exact) mass is 622 g/mol. The van der Waals surface area contributed by atoms with Gasteiger partial charge in [0.25, 0.3) is 0 Å². The molecule has 1 aromatic rings. The number of carbonyl (C=O) groups excluding carboxylic acids is 4. The molecule has 0 radical (unpaired) electrons. The number of hydrogen-bond donors (Lipinski definition) is 2. The Morgan fingerprint density at radius 1 is 0.978 bits per heavy atom. The maximum Gasteiger partial charge on any atom is 0.313 e. The summed E-state index contributed by atoms with van der Waals surface area (Å²) in [4.78, 5) is 60.9. The van der Waals surface area contributed by atoms with Gasteiger partial charge in [-0.25, -0.2) is 0 Å². The van der Waals surface area contributed by atoms with Crippen LogP contribution in [-0.4, -0.2) is 127 Å². The predicted octanol–water partition coefficient (Wildman–Crippen LogP) is 0.431. The molecule has 45 heavy (non-hydrogen) atoms. The van der Waals surface area contributed by atoms with Crippen LogP contribution in [0, 0.1) is 11.8 Å². The van der Waals surface area contributed by atoms with Gasteiger partial charge in [0, 0.05) is 52.3 Å². The number of likely N-dealkylation sites (tertiary alicyclic amines) is 1. The fourth-order valence-corrected chi connectivity index (χ4v) is 7.19. The third-order valence-electron chi connectivity index (χ3n) is 9.48. The Morgan fingerprint density at radius 3 is 2.56 bits per heavy atom. The lowest BCUT2D eigenvalue weighted by Gasteiger charge is -2.37. The van der Waals surface area contributed by atoms with Gasteiger partial charge < -0.3 is 34.4 Å². The van der Waals surface area contributed by atoms with E-state index in [2.05, 4.69) is 10.2 Å². The molecule has 2 N–H and O–H groups in total. The van der Waals surface area contributed by atoms with E-state index in [1.807, 2.05) is 42.5 Å². The number of hydrogen-bond acceptors (Lipinski definition) is 9. The van der Waals surface area contributed by atoms with Crippen molar-refractivity contribution in [2.24, 2.45) is 11.8 Å². The number of cyclic esters (lactones) is 1. The van der Waals surface area contributed by atoms with Gasteiger partial charge in [-0.3, -0.25) is 24.1 Å². The molecule has 0 aliphatic carbocycles. The van der Waals surface area contributed by atoms with Crippen molar-refractivity contribution in [3.05, 3.63) is 60.2 Å². The number of allylic oxidation sites excluding steroid dienone is 1. The Morgan fingerprint density at radius 2 is 1.78 bits per heavy atom. The van der Waals surface area contributed by atoms with E-state index in [-0.39, 0.29) is 50.3 Å². The minimum absolute atomic E-state index is 0.0786. The lowest BCUT2D eigenvalue weighted by Crippen LogP contribution is -2.57. The van der Waals surface area contributed by atoms with Crippen LogP contribution < -0.4 is 5.32 Å². The first-order chi connectivity index (χ1) is 21.9. The highest BCUT2D eigenvalue weighted by Crippen LogP contribution is 2.55. The average Bonchev–Trinajstić information content (AvgIpc) is 3.70. The van der Waals surface area contributed by atoms with Crippen LogP contribution >= 0.6 is 0 Å². The van der Waals surface area contributed by atoms with E-state index in [0.717, 1.165) is 13.1 Å². The van der Waals surface area contributed by atoms with Crippen LogP contribution in [0.2, 0.25) is 0 Å². The summed E-state index contributed by atoms with van der Waals surface area (Å²) in [7, 11) is 0. The second kappa shape index (κ2) is 13.8. The first kappa shape index (κ1) is 31.4. The van der Waals surface area contributed by atoms with Crippen molar-refractivity contribution in [2.75, 3.05) is 65.6 Å². The number of fused-ring (bicyclic) bond motifs is 2. The van der Waals surface area contributed by atoms with E-state index in [1.165, 1.54) is 4.90 Å². The van der Waals surface area contributed by atoms with Crippen molar-refractivity contribution in [1.82, 2.24) is 20.0 Å². The molecule has 3 saturated heterocycles. The predicted molar refractivity (Wildman–Crippen MR) is 161 cm³/mol. The summed E-state index contributed by atoms with van der Waals surface area (Å²) < 4.78 is 18.0. The maximum atomic E-state index is 14.6. The fourth-order valence-electron chi connectivity index (χ4n) is 7.19. The summed E-state index contributed by atoms with van der Waals surface area (Å²) in [5, 5.41) is 12.6. The van der Waals surface area contributed by atoms with Gasteiger partial charge in [0.1, 0.15) is 23.7 Å². The number of aliphatic hydroxyl groups excluding tert-OH is 1. The van der Waals surface area contributed by atoms with Crippen LogP contribution in [-0.2, 0) is 33.4 Å². The number of benzene rings is 1. The van der Waals surface area contributed by atoms with Crippen molar-refractivity contribution in [3.63, 3.8) is 0 Å². The Kier molecular flexibility index (Phi) is 9.64. The Bertz CT molecular complexity index is 1310. The number of carbonyl (C=O) groups is 4. The molecule has 1 spiro atoms. The number of morpholine rings is 1. The Balaban J connectivity index is 1.34. The highest BCUT2D eigenvalue weighted by molar-refractivity contribution is 5.99. The molecule has 5 aliphatic rings. The molecule has 5 bridgehead atoms. The molecule has 0 saturated carbocycles. The summed E-state index contributed by atoms with van der Waals surface area (Å²) >= 11 is 0. The smallest absolute Gasteiger partial charge is 0.313 e. The first-order valence-electron chi connectivity index (χ1n) is 16.0. The van der Waals surface area contributed by atoms with Crippen LogP contribution in [0.1, 0.15) is 30.9 Å². The number of ether oxygens (including phenoxy) is 3. The van der Waals surface area contributed by atoms with Crippen LogP contribution in [0.4, 0.5) is 0 Å². The molecular weight excluding hydrogens is 580 g/mol. The van der Waals surface area contributed by atoms with Crippen molar-refractivity contribution < 1.29 is 38.5 Å². The standard InChI is InChI=1S/C33H42N4O8/c38-19-7-14-37-29-31(41)36(16-15-35-17-20-43-21-18-35)13-6-2-5-10-26(39)34-22-25(23-8-3-1-4-9-23)44-32(42)27-24-11-12-33(29,45-24)28(27)30(37)40/h1-4,6,8-9,11-12,24-25,27-29,38H,5,7,10,13-22H2,(H,34,39)/b6-2-/t24-,25-,27+,28+,29-,33+/m0/s1. The second-order valence-corrected chi connectivity index (χ2v) is 12.2. The van der Waals surface area contributed by atoms with Gasteiger partial charge in [0.2, 0.25) is 17.7 Å². The normalized spacial score (nSPS) is 33.3. The first-order valence-corrected chi connectivity index (χ1v) is 16.0. The van der Waals surface area contributed by atoms with Gasteiger partial charge in [-0.15, -0.1) is 0 Å². The van der Waals surface area contributed by atoms with E-state index < -0.39 is 41.7 Å². The quantitative estimate of drug-likeness (QED) is 0.328. The van der Waals surface area contributed by atoms with Crippen LogP contribution in [0.5, 0.6) is 0 Å². The number of esters is 1. The van der Waals surface area contributed by atoms with Gasteiger partial charge in [-0.2, -0.15) is 0 Å². The Hall–Kier alpha value is -3.58. The fraction of sp³-hybridized carbons (Fsp3) is 0.576.